The van der Waals surface area contributed by atoms with Crippen LogP contribution in [-0.2, 0) is 15.0 Å². The summed E-state index contributed by atoms with van der Waals surface area (Å²) in [6, 6.07) is 22.5. The number of ether oxygens (including phenoxy) is 2. The van der Waals surface area contributed by atoms with Gasteiger partial charge in [0.25, 0.3) is 0 Å². The van der Waals surface area contributed by atoms with E-state index in [1.54, 1.807) is 18.2 Å². The van der Waals surface area contributed by atoms with Gasteiger partial charge >= 0.3 is 6.09 Å². The van der Waals surface area contributed by atoms with Crippen LogP contribution in [0.5, 0.6) is 0 Å². The van der Waals surface area contributed by atoms with Crippen molar-refractivity contribution in [2.45, 2.75) is 17.9 Å². The highest BCUT2D eigenvalue weighted by atomic mass is 32.1. The molecule has 1 amide bonds. The van der Waals surface area contributed by atoms with E-state index in [-0.39, 0.29) is 30.9 Å². The zero-order valence-electron chi connectivity index (χ0n) is 19.6. The average Bonchev–Trinajstić information content (AvgIpc) is 3.21. The third-order valence-corrected chi connectivity index (χ3v) is 7.33. The molecule has 0 aromatic heterocycles. The van der Waals surface area contributed by atoms with E-state index in [1.807, 2.05) is 36.4 Å². The van der Waals surface area contributed by atoms with Gasteiger partial charge in [0.2, 0.25) is 0 Å². The van der Waals surface area contributed by atoms with Crippen LogP contribution < -0.4 is 10.6 Å². The highest BCUT2D eigenvalue weighted by Crippen LogP contribution is 2.44. The molecule has 0 radical (unpaired) electrons. The molecule has 1 fully saturated rings. The maximum Gasteiger partial charge on any atom is 0.413 e. The first kappa shape index (κ1) is 24.4. The number of carbonyl (C=O) groups is 1. The van der Waals surface area contributed by atoms with Gasteiger partial charge < -0.3 is 19.9 Å². The first-order chi connectivity index (χ1) is 17.5. The molecule has 6 nitrogen and oxygen atoms in total. The first-order valence-electron chi connectivity index (χ1n) is 11.9. The largest absolute Gasteiger partial charge is 0.448 e. The van der Waals surface area contributed by atoms with Crippen LogP contribution in [0.4, 0.5) is 9.18 Å². The highest BCUT2D eigenvalue weighted by molar-refractivity contribution is 7.80. The number of nitrogens with one attached hydrogen (secondary N) is 2. The van der Waals surface area contributed by atoms with Gasteiger partial charge in [-0.05, 0) is 47.0 Å². The molecule has 5 rings (SSSR count). The Bertz CT molecular complexity index is 1240. The van der Waals surface area contributed by atoms with E-state index < -0.39 is 23.4 Å². The van der Waals surface area contributed by atoms with E-state index in [1.165, 1.54) is 6.07 Å². The summed E-state index contributed by atoms with van der Waals surface area (Å²) >= 11 is 5.43. The number of fused-ring (bicyclic) bond motifs is 3. The molecule has 0 bridgehead atoms. The highest BCUT2D eigenvalue weighted by Gasteiger charge is 2.45. The molecule has 3 aromatic carbocycles. The molecule has 0 saturated carbocycles. The number of amides is 1. The fraction of sp³-hybridized carbons (Fsp3) is 0.286. The van der Waals surface area contributed by atoms with Crippen LogP contribution in [-0.4, -0.2) is 42.7 Å². The monoisotopic (exact) mass is 506 g/mol. The van der Waals surface area contributed by atoms with Gasteiger partial charge in [0, 0.05) is 24.0 Å². The molecule has 3 N–H and O–H groups in total. The minimum absolute atomic E-state index is 0.00387. The number of carbonyl (C=O) groups excluding carboxylic acids is 1. The van der Waals surface area contributed by atoms with Crippen LogP contribution in [0.1, 0.15) is 29.0 Å². The van der Waals surface area contributed by atoms with Crippen molar-refractivity contribution in [2.75, 3.05) is 26.4 Å². The molecule has 3 aromatic rings. The first-order valence-corrected chi connectivity index (χ1v) is 12.3. The van der Waals surface area contributed by atoms with E-state index in [4.69, 9.17) is 21.7 Å². The summed E-state index contributed by atoms with van der Waals surface area (Å²) in [6.45, 7) is 0.486. The molecule has 1 aliphatic heterocycles. The van der Waals surface area contributed by atoms with Crippen molar-refractivity contribution >= 4 is 23.4 Å². The Hall–Kier alpha value is -3.33. The number of benzene rings is 3. The number of alkyl carbamates (subject to hydrolysis) is 1. The molecule has 2 atom stereocenters. The molecule has 36 heavy (non-hydrogen) atoms. The predicted octanol–water partition coefficient (Wildman–Crippen LogP) is 4.46. The van der Waals surface area contributed by atoms with Gasteiger partial charge in [-0.25, -0.2) is 9.18 Å². The third-order valence-electron chi connectivity index (χ3n) is 7.13. The number of hydrogen-bond donors (Lipinski definition) is 3. The van der Waals surface area contributed by atoms with Gasteiger partial charge in [0.05, 0.1) is 18.8 Å². The molecule has 0 spiro atoms. The van der Waals surface area contributed by atoms with E-state index in [9.17, 15) is 14.3 Å². The molecular formula is C28H27FN2O4S. The van der Waals surface area contributed by atoms with Crippen LogP contribution in [0.2, 0.25) is 0 Å². The molecule has 186 valence electrons. The summed E-state index contributed by atoms with van der Waals surface area (Å²) in [6.07, 6.45) is -0.336. The number of rotatable bonds is 5. The predicted molar refractivity (Wildman–Crippen MR) is 138 cm³/mol. The Labute approximate surface area is 214 Å². The molecule has 1 saturated heterocycles. The summed E-state index contributed by atoms with van der Waals surface area (Å²) in [7, 11) is 0. The van der Waals surface area contributed by atoms with Crippen LogP contribution in [0.25, 0.3) is 11.1 Å². The maximum absolute atomic E-state index is 14.9. The second kappa shape index (κ2) is 10.3. The fourth-order valence-electron chi connectivity index (χ4n) is 5.38. The second-order valence-electron chi connectivity index (χ2n) is 9.06. The van der Waals surface area contributed by atoms with Gasteiger partial charge in [-0.15, -0.1) is 0 Å². The summed E-state index contributed by atoms with van der Waals surface area (Å²) in [5, 5.41) is 15.7. The van der Waals surface area contributed by atoms with E-state index in [0.717, 1.165) is 22.3 Å². The lowest BCUT2D eigenvalue weighted by molar-refractivity contribution is -0.0323. The van der Waals surface area contributed by atoms with Crippen LogP contribution >= 0.6 is 12.2 Å². The van der Waals surface area contributed by atoms with Crippen molar-refractivity contribution in [3.8, 4) is 11.1 Å². The number of aliphatic hydroxyl groups excluding tert-OH is 1. The van der Waals surface area contributed by atoms with E-state index in [2.05, 4.69) is 22.8 Å². The Morgan fingerprint density at radius 2 is 1.69 bits per heavy atom. The van der Waals surface area contributed by atoms with E-state index >= 15 is 0 Å². The van der Waals surface area contributed by atoms with Crippen LogP contribution in [0.3, 0.4) is 0 Å². The normalized spacial score (nSPS) is 20.8. The number of hydrogen-bond acceptors (Lipinski definition) is 5. The number of aliphatic hydroxyl groups is 1. The fourth-order valence-corrected chi connectivity index (χ4v) is 5.65. The Balaban J connectivity index is 1.29. The molecule has 0 unspecified atom stereocenters. The maximum atomic E-state index is 14.9. The molecular weight excluding hydrogens is 479 g/mol. The van der Waals surface area contributed by atoms with Gasteiger partial charge in [0.15, 0.2) is 5.11 Å². The SMILES string of the molecule is O=C(NC(=S)N[C@@]1(c2ccccc2F)CCOC[C@H]1CO)OCC1c2ccccc2-c2ccccc21. The number of halogens is 1. The zero-order chi connectivity index (χ0) is 25.1. The van der Waals surface area contributed by atoms with Gasteiger partial charge in [0.1, 0.15) is 12.4 Å². The van der Waals surface area contributed by atoms with Crippen molar-refractivity contribution in [2.24, 2.45) is 5.92 Å². The summed E-state index contributed by atoms with van der Waals surface area (Å²) in [5.41, 5.74) is 3.83. The van der Waals surface area contributed by atoms with Crippen LogP contribution in [0, 0.1) is 11.7 Å². The quantitative estimate of drug-likeness (QED) is 0.444. The lowest BCUT2D eigenvalue weighted by atomic mass is 9.74. The molecule has 1 heterocycles. The van der Waals surface area contributed by atoms with Gasteiger partial charge in [-0.3, -0.25) is 5.32 Å². The Morgan fingerprint density at radius 3 is 2.36 bits per heavy atom. The second-order valence-corrected chi connectivity index (χ2v) is 9.47. The Morgan fingerprint density at radius 1 is 1.06 bits per heavy atom. The van der Waals surface area contributed by atoms with Gasteiger partial charge in [-0.1, -0.05) is 66.7 Å². The van der Waals surface area contributed by atoms with Crippen LogP contribution in [0.15, 0.2) is 72.8 Å². The lowest BCUT2D eigenvalue weighted by Crippen LogP contribution is -2.59. The molecule has 2 aliphatic rings. The van der Waals surface area contributed by atoms with Crippen molar-refractivity contribution in [3.05, 3.63) is 95.3 Å². The molecule has 1 aliphatic carbocycles. The standard InChI is InChI=1S/C28H27FN2O4S/c29-25-12-6-5-11-24(25)28(13-14-34-16-18(28)15-32)31-26(36)30-27(33)35-17-23-21-9-3-1-7-19(21)20-8-2-4-10-22(20)23/h1-12,18,23,32H,13-17H2,(H2,30,31,33,36)/t18-,28+/m1/s1. The third kappa shape index (κ3) is 4.48. The minimum atomic E-state index is -1.04. The summed E-state index contributed by atoms with van der Waals surface area (Å²) in [4.78, 5) is 12.7. The van der Waals surface area contributed by atoms with Crippen molar-refractivity contribution in [3.63, 3.8) is 0 Å². The van der Waals surface area contributed by atoms with Crippen molar-refractivity contribution in [1.82, 2.24) is 10.6 Å². The average molecular weight is 507 g/mol. The topological polar surface area (TPSA) is 79.8 Å². The molecule has 8 heteroatoms. The van der Waals surface area contributed by atoms with E-state index in [0.29, 0.717) is 18.6 Å². The lowest BCUT2D eigenvalue weighted by Gasteiger charge is -2.45. The Kier molecular flexibility index (Phi) is 7.00. The van der Waals surface area contributed by atoms with Crippen molar-refractivity contribution in [1.29, 1.82) is 0 Å². The minimum Gasteiger partial charge on any atom is -0.448 e. The van der Waals surface area contributed by atoms with Crippen molar-refractivity contribution < 1.29 is 23.8 Å². The summed E-state index contributed by atoms with van der Waals surface area (Å²) in [5.74, 6) is -0.969. The van der Waals surface area contributed by atoms with Gasteiger partial charge in [-0.2, -0.15) is 0 Å². The number of thiocarbonyl (C=S) groups is 1. The smallest absolute Gasteiger partial charge is 0.413 e. The summed E-state index contributed by atoms with van der Waals surface area (Å²) < 4.78 is 26.0. The zero-order valence-corrected chi connectivity index (χ0v) is 20.4.